The van der Waals surface area contributed by atoms with Gasteiger partial charge in [-0.2, -0.15) is 0 Å². The lowest BCUT2D eigenvalue weighted by atomic mass is 10.1. The van der Waals surface area contributed by atoms with E-state index in [4.69, 9.17) is 25.2 Å². The lowest BCUT2D eigenvalue weighted by Gasteiger charge is -2.18. The summed E-state index contributed by atoms with van der Waals surface area (Å²) >= 11 is 0. The molecule has 6 N–H and O–H groups in total. The molecule has 4 atom stereocenters. The van der Waals surface area contributed by atoms with Gasteiger partial charge in [-0.25, -0.2) is 18.8 Å². The van der Waals surface area contributed by atoms with E-state index in [9.17, 15) is 33.8 Å². The number of nitrogens with zero attached hydrogens (tertiary/aromatic N) is 1. The maximum absolute atomic E-state index is 13.1. The molecule has 0 radical (unpaired) electrons. The quantitative estimate of drug-likeness (QED) is 0.159. The monoisotopic (exact) mass is 661 g/mol. The average molecular weight is 662 g/mol. The third-order valence-corrected chi connectivity index (χ3v) is 6.75. The van der Waals surface area contributed by atoms with Crippen LogP contribution in [0.4, 0.5) is 4.39 Å². The van der Waals surface area contributed by atoms with Crippen molar-refractivity contribution in [3.05, 3.63) is 154 Å². The molecule has 1 saturated heterocycles. The molecule has 48 heavy (non-hydrogen) atoms. The fourth-order valence-electron chi connectivity index (χ4n) is 4.29. The number of benzene rings is 4. The zero-order valence-corrected chi connectivity index (χ0v) is 25.1. The highest BCUT2D eigenvalue weighted by Gasteiger charge is 2.43. The fraction of sp³-hybridized carbons (Fsp3) is 0.143. The Morgan fingerprint density at radius 1 is 0.667 bits per heavy atom. The van der Waals surface area contributed by atoms with Gasteiger partial charge in [0.25, 0.3) is 5.56 Å². The van der Waals surface area contributed by atoms with Gasteiger partial charge in [0.15, 0.2) is 6.23 Å². The topological polar surface area (TPSA) is 204 Å². The molecule has 0 amide bonds. The molecular weight excluding hydrogens is 629 g/mol. The van der Waals surface area contributed by atoms with Gasteiger partial charge in [0, 0.05) is 11.6 Å². The number of pyridine rings is 1. The molecule has 6 rings (SSSR count). The smallest absolute Gasteiger partial charge is 0.335 e. The molecule has 0 spiro atoms. The van der Waals surface area contributed by atoms with E-state index in [1.807, 2.05) is 0 Å². The highest BCUT2D eigenvalue weighted by molar-refractivity contribution is 5.88. The molecule has 5 aromatic rings. The van der Waals surface area contributed by atoms with Gasteiger partial charge >= 0.3 is 17.9 Å². The zero-order valence-electron chi connectivity index (χ0n) is 25.1. The summed E-state index contributed by atoms with van der Waals surface area (Å²) in [5, 5.41) is 54.6. The Bertz CT molecular complexity index is 1730. The number of fused-ring (bicyclic) bond motifs is 1. The summed E-state index contributed by atoms with van der Waals surface area (Å²) in [5.74, 6) is -3.09. The molecule has 4 aromatic carbocycles. The van der Waals surface area contributed by atoms with Gasteiger partial charge in [0.1, 0.15) is 24.1 Å². The van der Waals surface area contributed by atoms with E-state index in [1.165, 1.54) is 30.5 Å². The molecule has 13 heteroatoms. The largest absolute Gasteiger partial charge is 0.478 e. The maximum Gasteiger partial charge on any atom is 0.335 e. The van der Waals surface area contributed by atoms with E-state index in [1.54, 1.807) is 91.0 Å². The fourth-order valence-corrected chi connectivity index (χ4v) is 4.29. The number of halogens is 1. The van der Waals surface area contributed by atoms with Gasteiger partial charge in [-0.1, -0.05) is 54.6 Å². The molecule has 1 aliphatic rings. The Labute approximate surface area is 272 Å². The average Bonchev–Trinajstić information content (AvgIpc) is 3.39. The van der Waals surface area contributed by atoms with Crippen LogP contribution in [-0.2, 0) is 4.74 Å². The van der Waals surface area contributed by atoms with E-state index < -0.39 is 60.4 Å². The molecule has 1 aromatic heterocycles. The number of aliphatic hydroxyl groups excluding tert-OH is 3. The van der Waals surface area contributed by atoms with Gasteiger partial charge in [0.2, 0.25) is 0 Å². The molecule has 0 aliphatic carbocycles. The Kier molecular flexibility index (Phi) is 13.6. The van der Waals surface area contributed by atoms with Crippen molar-refractivity contribution in [1.82, 2.24) is 4.57 Å². The van der Waals surface area contributed by atoms with E-state index >= 15 is 0 Å². The van der Waals surface area contributed by atoms with E-state index in [0.717, 1.165) is 4.57 Å². The second kappa shape index (κ2) is 17.8. The molecule has 2 heterocycles. The zero-order chi connectivity index (χ0) is 35.2. The summed E-state index contributed by atoms with van der Waals surface area (Å²) in [6, 6.07) is 30.2. The van der Waals surface area contributed by atoms with E-state index in [2.05, 4.69) is 0 Å². The van der Waals surface area contributed by atoms with Crippen LogP contribution in [0.1, 0.15) is 37.3 Å². The molecule has 1 aliphatic heterocycles. The molecular formula is C35H32FNO11. The predicted molar refractivity (Wildman–Crippen MR) is 171 cm³/mol. The Morgan fingerprint density at radius 3 is 1.46 bits per heavy atom. The lowest BCUT2D eigenvalue weighted by molar-refractivity contribution is -0.0541. The number of aromatic carboxylic acids is 3. The van der Waals surface area contributed by atoms with E-state index in [-0.39, 0.29) is 5.39 Å². The van der Waals surface area contributed by atoms with Crippen molar-refractivity contribution in [3.63, 3.8) is 0 Å². The Hall–Kier alpha value is -5.73. The first-order valence-electron chi connectivity index (χ1n) is 14.2. The minimum Gasteiger partial charge on any atom is -0.478 e. The first-order chi connectivity index (χ1) is 22.9. The van der Waals surface area contributed by atoms with Crippen molar-refractivity contribution >= 4 is 28.7 Å². The molecule has 1 fully saturated rings. The number of carbonyl (C=O) groups is 3. The summed E-state index contributed by atoms with van der Waals surface area (Å²) in [4.78, 5) is 43.0. The third kappa shape index (κ3) is 10.1. The van der Waals surface area contributed by atoms with Crippen molar-refractivity contribution < 1.29 is 54.2 Å². The van der Waals surface area contributed by atoms with Crippen LogP contribution in [0.3, 0.4) is 0 Å². The predicted octanol–water partition coefficient (Wildman–Crippen LogP) is 3.91. The highest BCUT2D eigenvalue weighted by atomic mass is 19.1. The summed E-state index contributed by atoms with van der Waals surface area (Å²) in [6.45, 7) is -0.470. The molecule has 0 unspecified atom stereocenters. The SMILES string of the molecule is O=C(O)c1ccccc1.O=C(O)c1ccccc1.O=C(O)c1ccccc1.O=c1c2ccc(F)cc2ccn1[C@@H]1O[C@H](CO)[C@@H](O)[C@H]1O. The van der Waals surface area contributed by atoms with Gasteiger partial charge in [-0.3, -0.25) is 9.36 Å². The number of carboxylic acids is 3. The van der Waals surface area contributed by atoms with Crippen LogP contribution in [0.2, 0.25) is 0 Å². The van der Waals surface area contributed by atoms with Crippen LogP contribution in [0, 0.1) is 5.82 Å². The molecule has 250 valence electrons. The van der Waals surface area contributed by atoms with Crippen LogP contribution >= 0.6 is 0 Å². The van der Waals surface area contributed by atoms with Crippen LogP contribution in [0.25, 0.3) is 10.8 Å². The third-order valence-electron chi connectivity index (χ3n) is 6.75. The van der Waals surface area contributed by atoms with Gasteiger partial charge in [-0.05, 0) is 66.0 Å². The number of rotatable bonds is 5. The first kappa shape index (κ1) is 36.7. The molecule has 0 saturated carbocycles. The lowest BCUT2D eigenvalue weighted by Crippen LogP contribution is -2.35. The van der Waals surface area contributed by atoms with Crippen LogP contribution in [0.5, 0.6) is 0 Å². The van der Waals surface area contributed by atoms with Crippen LogP contribution in [-0.4, -0.2) is 78.0 Å². The van der Waals surface area contributed by atoms with Crippen molar-refractivity contribution in [2.75, 3.05) is 6.61 Å². The number of carboxylic acid groups (broad SMARTS) is 3. The number of hydrogen-bond donors (Lipinski definition) is 6. The minimum absolute atomic E-state index is 0.275. The molecule has 0 bridgehead atoms. The van der Waals surface area contributed by atoms with Crippen molar-refractivity contribution in [1.29, 1.82) is 0 Å². The van der Waals surface area contributed by atoms with E-state index in [0.29, 0.717) is 22.1 Å². The number of ether oxygens (including phenoxy) is 1. The van der Waals surface area contributed by atoms with Crippen LogP contribution < -0.4 is 5.56 Å². The first-order valence-corrected chi connectivity index (χ1v) is 14.2. The maximum atomic E-state index is 13.1. The van der Waals surface area contributed by atoms with Crippen molar-refractivity contribution in [2.24, 2.45) is 0 Å². The Morgan fingerprint density at radius 2 is 1.10 bits per heavy atom. The summed E-state index contributed by atoms with van der Waals surface area (Å²) in [7, 11) is 0. The standard InChI is InChI=1S/C14H14FNO5.3C7H6O2/c15-8-1-2-9-7(5-8)3-4-16(13(9)20)14-12(19)11(18)10(6-17)21-14;3*8-7(9)6-4-2-1-3-5-6/h1-5,10-12,14,17-19H,6H2;3*1-5H,(H,8,9)/t10-,11-,12-,14-;;;/m1.../s1. The normalized spacial score (nSPS) is 17.8. The summed E-state index contributed by atoms with van der Waals surface area (Å²) in [5.41, 5.74) is 0.523. The second-order valence-electron chi connectivity index (χ2n) is 10.0. The number of aromatic nitrogens is 1. The van der Waals surface area contributed by atoms with Crippen molar-refractivity contribution in [2.45, 2.75) is 24.5 Å². The van der Waals surface area contributed by atoms with Gasteiger partial charge in [-0.15, -0.1) is 0 Å². The molecule has 12 nitrogen and oxygen atoms in total. The van der Waals surface area contributed by atoms with Gasteiger partial charge in [0.05, 0.1) is 23.3 Å². The Balaban J connectivity index is 0.000000193. The number of aliphatic hydroxyl groups is 3. The second-order valence-corrected chi connectivity index (χ2v) is 10.0. The van der Waals surface area contributed by atoms with Crippen molar-refractivity contribution in [3.8, 4) is 0 Å². The summed E-state index contributed by atoms with van der Waals surface area (Å²) in [6.07, 6.45) is -3.31. The minimum atomic E-state index is -1.34. The number of hydrogen-bond acceptors (Lipinski definition) is 8. The van der Waals surface area contributed by atoms with Gasteiger partial charge < -0.3 is 35.4 Å². The highest BCUT2D eigenvalue weighted by Crippen LogP contribution is 2.28. The van der Waals surface area contributed by atoms with Crippen LogP contribution in [0.15, 0.2) is 126 Å². The summed E-state index contributed by atoms with van der Waals surface area (Å²) < 4.78 is 19.6.